The van der Waals surface area contributed by atoms with Crippen molar-refractivity contribution in [3.63, 3.8) is 0 Å². The minimum absolute atomic E-state index is 0.296. The number of aryl methyl sites for hydroxylation is 1. The molecule has 0 saturated heterocycles. The van der Waals surface area contributed by atoms with Crippen LogP contribution in [0.15, 0.2) is 12.3 Å². The highest BCUT2D eigenvalue weighted by Crippen LogP contribution is 2.09. The Balaban J connectivity index is 2.93. The predicted octanol–water partition coefficient (Wildman–Crippen LogP) is 0.374. The van der Waals surface area contributed by atoms with Gasteiger partial charge in [-0.25, -0.2) is 0 Å². The maximum absolute atomic E-state index is 11.4. The first-order valence-corrected chi connectivity index (χ1v) is 3.68. The van der Waals surface area contributed by atoms with Crippen molar-refractivity contribution in [2.45, 2.75) is 19.4 Å². The van der Waals surface area contributed by atoms with Crippen molar-refractivity contribution in [3.8, 4) is 0 Å². The van der Waals surface area contributed by atoms with Gasteiger partial charge in [0, 0.05) is 13.2 Å². The van der Waals surface area contributed by atoms with Gasteiger partial charge in [-0.05, 0) is 19.9 Å². The van der Waals surface area contributed by atoms with E-state index in [0.29, 0.717) is 5.69 Å². The van der Waals surface area contributed by atoms with Gasteiger partial charge in [-0.3, -0.25) is 9.48 Å². The molecule has 0 amide bonds. The molecule has 4 heteroatoms. The number of aromatic nitrogens is 2. The summed E-state index contributed by atoms with van der Waals surface area (Å²) in [6, 6.07) is 1.58. The lowest BCUT2D eigenvalue weighted by molar-refractivity contribution is 0.0482. The number of aliphatic hydroxyl groups is 1. The van der Waals surface area contributed by atoms with E-state index in [9.17, 15) is 9.90 Å². The molecule has 0 radical (unpaired) electrons. The second-order valence-electron chi connectivity index (χ2n) is 3.26. The Morgan fingerprint density at radius 3 is 2.58 bits per heavy atom. The molecule has 0 aliphatic rings. The Bertz CT molecular complexity index is 296. The maximum Gasteiger partial charge on any atom is 0.213 e. The molecule has 1 aromatic heterocycles. The van der Waals surface area contributed by atoms with E-state index in [1.807, 2.05) is 0 Å². The van der Waals surface area contributed by atoms with E-state index in [1.54, 1.807) is 19.3 Å². The van der Waals surface area contributed by atoms with Crippen LogP contribution in [-0.4, -0.2) is 26.3 Å². The second kappa shape index (κ2) is 2.71. The van der Waals surface area contributed by atoms with Crippen LogP contribution in [0, 0.1) is 0 Å². The summed E-state index contributed by atoms with van der Waals surface area (Å²) in [5, 5.41) is 13.2. The lowest BCUT2D eigenvalue weighted by Crippen LogP contribution is -2.31. The molecule has 0 spiro atoms. The van der Waals surface area contributed by atoms with E-state index in [4.69, 9.17) is 0 Å². The van der Waals surface area contributed by atoms with Gasteiger partial charge in [0.2, 0.25) is 5.78 Å². The van der Waals surface area contributed by atoms with Crippen molar-refractivity contribution < 1.29 is 9.90 Å². The second-order valence-corrected chi connectivity index (χ2v) is 3.26. The van der Waals surface area contributed by atoms with Crippen LogP contribution < -0.4 is 0 Å². The standard InChI is InChI=1S/C8H12N2O2/c1-8(2,12)7(11)6-4-5-10(3)9-6/h4-5,12H,1-3H3. The van der Waals surface area contributed by atoms with Gasteiger partial charge < -0.3 is 5.11 Å². The fourth-order valence-electron chi connectivity index (χ4n) is 0.850. The molecule has 1 heterocycles. The fourth-order valence-corrected chi connectivity index (χ4v) is 0.850. The number of Topliss-reactive ketones (excluding diaryl/α,β-unsaturated/α-hetero) is 1. The molecule has 0 aliphatic carbocycles. The van der Waals surface area contributed by atoms with Gasteiger partial charge in [0.25, 0.3) is 0 Å². The summed E-state index contributed by atoms with van der Waals surface area (Å²) in [6.07, 6.45) is 1.67. The zero-order valence-electron chi connectivity index (χ0n) is 7.40. The number of nitrogens with zero attached hydrogens (tertiary/aromatic N) is 2. The first-order valence-electron chi connectivity index (χ1n) is 3.68. The van der Waals surface area contributed by atoms with Gasteiger partial charge in [-0.1, -0.05) is 0 Å². The molecule has 0 aromatic carbocycles. The molecular weight excluding hydrogens is 156 g/mol. The average molecular weight is 168 g/mol. The monoisotopic (exact) mass is 168 g/mol. The van der Waals surface area contributed by atoms with Gasteiger partial charge in [-0.2, -0.15) is 5.10 Å². The molecule has 0 saturated carbocycles. The van der Waals surface area contributed by atoms with E-state index in [1.165, 1.54) is 18.5 Å². The van der Waals surface area contributed by atoms with Crippen molar-refractivity contribution in [2.75, 3.05) is 0 Å². The fraction of sp³-hybridized carbons (Fsp3) is 0.500. The summed E-state index contributed by atoms with van der Waals surface area (Å²) in [5.41, 5.74) is -1.04. The molecule has 0 unspecified atom stereocenters. The molecule has 0 bridgehead atoms. The van der Waals surface area contributed by atoms with Gasteiger partial charge in [0.05, 0.1) is 0 Å². The van der Waals surface area contributed by atoms with Crippen LogP contribution in [0.5, 0.6) is 0 Å². The van der Waals surface area contributed by atoms with Crippen LogP contribution in [0.2, 0.25) is 0 Å². The molecular formula is C8H12N2O2. The lowest BCUT2D eigenvalue weighted by atomic mass is 10.0. The predicted molar refractivity (Wildman–Crippen MR) is 43.8 cm³/mol. The van der Waals surface area contributed by atoms with Crippen LogP contribution in [0.1, 0.15) is 24.3 Å². The van der Waals surface area contributed by atoms with Crippen molar-refractivity contribution in [3.05, 3.63) is 18.0 Å². The molecule has 1 aromatic rings. The van der Waals surface area contributed by atoms with Gasteiger partial charge >= 0.3 is 0 Å². The highest BCUT2D eigenvalue weighted by Gasteiger charge is 2.26. The maximum atomic E-state index is 11.4. The number of carbonyl (C=O) groups excluding carboxylic acids is 1. The van der Waals surface area contributed by atoms with Crippen molar-refractivity contribution in [1.29, 1.82) is 0 Å². The number of hydrogen-bond donors (Lipinski definition) is 1. The Labute approximate surface area is 70.8 Å². The molecule has 1 N–H and O–H groups in total. The van der Waals surface area contributed by atoms with Crippen LogP contribution in [0.3, 0.4) is 0 Å². The van der Waals surface area contributed by atoms with Crippen molar-refractivity contribution >= 4 is 5.78 Å². The normalized spacial score (nSPS) is 11.7. The summed E-state index contributed by atoms with van der Waals surface area (Å²) in [6.45, 7) is 2.90. The first-order chi connectivity index (χ1) is 5.41. The van der Waals surface area contributed by atoms with Gasteiger partial charge in [0.1, 0.15) is 11.3 Å². The minimum Gasteiger partial charge on any atom is -0.382 e. The first kappa shape index (κ1) is 8.93. The van der Waals surface area contributed by atoms with Crippen LogP contribution in [0.25, 0.3) is 0 Å². The highest BCUT2D eigenvalue weighted by molar-refractivity contribution is 6.00. The zero-order valence-corrected chi connectivity index (χ0v) is 7.40. The van der Waals surface area contributed by atoms with Crippen molar-refractivity contribution in [1.82, 2.24) is 9.78 Å². The van der Waals surface area contributed by atoms with Gasteiger partial charge in [0.15, 0.2) is 0 Å². The van der Waals surface area contributed by atoms with E-state index in [0.717, 1.165) is 0 Å². The quantitative estimate of drug-likeness (QED) is 0.649. The molecule has 0 aliphatic heterocycles. The number of ketones is 1. The zero-order chi connectivity index (χ0) is 9.35. The summed E-state index contributed by atoms with van der Waals surface area (Å²) >= 11 is 0. The largest absolute Gasteiger partial charge is 0.382 e. The van der Waals surface area contributed by atoms with E-state index >= 15 is 0 Å². The summed E-state index contributed by atoms with van der Waals surface area (Å²) in [5.74, 6) is -0.358. The van der Waals surface area contributed by atoms with Crippen LogP contribution in [-0.2, 0) is 7.05 Å². The Morgan fingerprint density at radius 2 is 2.25 bits per heavy atom. The third-order valence-electron chi connectivity index (χ3n) is 1.50. The summed E-state index contributed by atoms with van der Waals surface area (Å²) in [4.78, 5) is 11.4. The summed E-state index contributed by atoms with van der Waals surface area (Å²) in [7, 11) is 1.72. The van der Waals surface area contributed by atoms with E-state index < -0.39 is 5.60 Å². The molecule has 4 nitrogen and oxygen atoms in total. The summed E-state index contributed by atoms with van der Waals surface area (Å²) < 4.78 is 1.53. The molecule has 0 fully saturated rings. The van der Waals surface area contributed by atoms with Crippen molar-refractivity contribution in [2.24, 2.45) is 7.05 Å². The topological polar surface area (TPSA) is 55.1 Å². The van der Waals surface area contributed by atoms with E-state index in [2.05, 4.69) is 5.10 Å². The third kappa shape index (κ3) is 1.71. The minimum atomic E-state index is -1.34. The molecule has 0 atom stereocenters. The highest BCUT2D eigenvalue weighted by atomic mass is 16.3. The SMILES string of the molecule is Cn1ccc(C(=O)C(C)(C)O)n1. The number of hydrogen-bond acceptors (Lipinski definition) is 3. The average Bonchev–Trinajstić information content (AvgIpc) is 2.32. The molecule has 66 valence electrons. The van der Waals surface area contributed by atoms with Crippen LogP contribution >= 0.6 is 0 Å². The Kier molecular flexibility index (Phi) is 2.02. The number of carbonyl (C=O) groups is 1. The number of rotatable bonds is 2. The van der Waals surface area contributed by atoms with E-state index in [-0.39, 0.29) is 5.78 Å². The lowest BCUT2D eigenvalue weighted by Gasteiger charge is -2.12. The van der Waals surface area contributed by atoms with Gasteiger partial charge in [-0.15, -0.1) is 0 Å². The Morgan fingerprint density at radius 1 is 1.67 bits per heavy atom. The Hall–Kier alpha value is -1.16. The molecule has 1 rings (SSSR count). The van der Waals surface area contributed by atoms with Crippen LogP contribution in [0.4, 0.5) is 0 Å². The third-order valence-corrected chi connectivity index (χ3v) is 1.50. The molecule has 12 heavy (non-hydrogen) atoms. The smallest absolute Gasteiger partial charge is 0.213 e.